The summed E-state index contributed by atoms with van der Waals surface area (Å²) >= 11 is 0. The Bertz CT molecular complexity index is 763. The molecular formula is C18H22N5O3. The fourth-order valence-corrected chi connectivity index (χ4v) is 3.94. The van der Waals surface area contributed by atoms with E-state index in [9.17, 15) is 9.59 Å². The minimum absolute atomic E-state index is 0.178. The van der Waals surface area contributed by atoms with Crippen LogP contribution in [0.1, 0.15) is 12.8 Å². The maximum Gasteiger partial charge on any atom is 0.325 e. The molecule has 3 amide bonds. The monoisotopic (exact) mass is 356 g/mol. The predicted octanol–water partition coefficient (Wildman–Crippen LogP) is 0.973. The number of amidine groups is 1. The molecule has 0 bridgehead atoms. The smallest absolute Gasteiger partial charge is 0.325 e. The molecule has 2 N–H and O–H groups in total. The van der Waals surface area contributed by atoms with Gasteiger partial charge in [-0.25, -0.2) is 9.79 Å². The third-order valence-electron chi connectivity index (χ3n) is 5.28. The normalized spacial score (nSPS) is 25.3. The number of aliphatic imine (C=N–C) groups is 1. The van der Waals surface area contributed by atoms with Crippen LogP contribution in [0.5, 0.6) is 0 Å². The van der Waals surface area contributed by atoms with Crippen molar-refractivity contribution in [3.8, 4) is 0 Å². The molecule has 3 heterocycles. The van der Waals surface area contributed by atoms with Crippen LogP contribution in [-0.4, -0.2) is 61.7 Å². The van der Waals surface area contributed by atoms with E-state index in [4.69, 9.17) is 10.5 Å². The summed E-state index contributed by atoms with van der Waals surface area (Å²) in [6, 6.07) is 8.06. The van der Waals surface area contributed by atoms with Crippen LogP contribution in [0.4, 0.5) is 16.2 Å². The summed E-state index contributed by atoms with van der Waals surface area (Å²) in [4.78, 5) is 34.3. The number of carbonyl (C=O) groups is 2. The van der Waals surface area contributed by atoms with E-state index in [0.717, 1.165) is 30.9 Å². The minimum atomic E-state index is -0.988. The van der Waals surface area contributed by atoms with Crippen LogP contribution in [0, 0.1) is 6.42 Å². The van der Waals surface area contributed by atoms with Gasteiger partial charge in [0.2, 0.25) is 5.91 Å². The zero-order valence-corrected chi connectivity index (χ0v) is 14.7. The number of hydrogen-bond acceptors (Lipinski definition) is 5. The molecule has 4 rings (SSSR count). The molecule has 1 radical (unpaired) electrons. The van der Waals surface area contributed by atoms with Crippen LogP contribution in [0.15, 0.2) is 29.3 Å². The molecule has 3 aliphatic heterocycles. The van der Waals surface area contributed by atoms with E-state index in [1.54, 1.807) is 16.9 Å². The quantitative estimate of drug-likeness (QED) is 0.874. The van der Waals surface area contributed by atoms with Crippen molar-refractivity contribution < 1.29 is 14.3 Å². The molecule has 137 valence electrons. The van der Waals surface area contributed by atoms with Crippen LogP contribution in [0.3, 0.4) is 0 Å². The molecule has 0 saturated carbocycles. The molecule has 8 heteroatoms. The van der Waals surface area contributed by atoms with E-state index < -0.39 is 11.4 Å². The Balaban J connectivity index is 1.58. The largest absolute Gasteiger partial charge is 0.468 e. The summed E-state index contributed by atoms with van der Waals surface area (Å²) in [6.07, 6.45) is 3.51. The van der Waals surface area contributed by atoms with Gasteiger partial charge < -0.3 is 15.4 Å². The zero-order valence-electron chi connectivity index (χ0n) is 14.7. The first-order valence-corrected chi connectivity index (χ1v) is 8.76. The molecule has 0 aromatic heterocycles. The van der Waals surface area contributed by atoms with Gasteiger partial charge in [-0.15, -0.1) is 0 Å². The number of carbonyl (C=O) groups excluding carboxylic acids is 2. The molecular weight excluding hydrogens is 334 g/mol. The molecule has 0 unspecified atom stereocenters. The Kier molecular flexibility index (Phi) is 3.97. The third kappa shape index (κ3) is 2.40. The molecule has 2 fully saturated rings. The van der Waals surface area contributed by atoms with E-state index in [1.807, 2.05) is 35.6 Å². The van der Waals surface area contributed by atoms with E-state index in [1.165, 1.54) is 0 Å². The second-order valence-corrected chi connectivity index (χ2v) is 6.69. The highest BCUT2D eigenvalue weighted by atomic mass is 16.5. The molecule has 2 saturated heterocycles. The molecule has 1 aromatic rings. The van der Waals surface area contributed by atoms with Gasteiger partial charge in [-0.3, -0.25) is 14.6 Å². The van der Waals surface area contributed by atoms with Gasteiger partial charge in [0.15, 0.2) is 0 Å². The van der Waals surface area contributed by atoms with E-state index in [2.05, 4.69) is 4.99 Å². The summed E-state index contributed by atoms with van der Waals surface area (Å²) in [7, 11) is 1.61. The number of methoxy groups -OCH3 is 1. The topological polar surface area (TPSA) is 91.5 Å². The highest BCUT2D eigenvalue weighted by molar-refractivity contribution is 6.04. The summed E-state index contributed by atoms with van der Waals surface area (Å²) in [5.74, 6) is -0.475. The second-order valence-electron chi connectivity index (χ2n) is 6.69. The summed E-state index contributed by atoms with van der Waals surface area (Å²) in [5.41, 5.74) is 6.32. The van der Waals surface area contributed by atoms with Crippen LogP contribution >= 0.6 is 0 Å². The standard InChI is InChI=1S/C18H22N5O3/c1-26-16-20-9-3-10-21(16)13-4-6-14(7-5-13)22-12-18(15(19)24)8-2-11-23(18)17(22)25/h4-8H,2-3,9-12H2,1H3,(H2,19,24)/t18-/m1/s1. The van der Waals surface area contributed by atoms with Gasteiger partial charge in [0.05, 0.1) is 13.7 Å². The summed E-state index contributed by atoms with van der Waals surface area (Å²) < 4.78 is 5.34. The predicted molar refractivity (Wildman–Crippen MR) is 98.0 cm³/mol. The Morgan fingerprint density at radius 2 is 1.88 bits per heavy atom. The zero-order chi connectivity index (χ0) is 18.3. The first-order valence-electron chi connectivity index (χ1n) is 8.76. The molecule has 8 nitrogen and oxygen atoms in total. The van der Waals surface area contributed by atoms with Crippen molar-refractivity contribution >= 4 is 29.3 Å². The Morgan fingerprint density at radius 1 is 1.19 bits per heavy atom. The average molecular weight is 356 g/mol. The first-order chi connectivity index (χ1) is 12.6. The van der Waals surface area contributed by atoms with Crippen molar-refractivity contribution in [1.82, 2.24) is 4.90 Å². The first kappa shape index (κ1) is 16.7. The van der Waals surface area contributed by atoms with E-state index in [0.29, 0.717) is 19.0 Å². The maximum absolute atomic E-state index is 12.8. The molecule has 3 aliphatic rings. The van der Waals surface area contributed by atoms with Crippen molar-refractivity contribution in [2.24, 2.45) is 10.7 Å². The number of nitrogens with two attached hydrogens (primary N) is 1. The van der Waals surface area contributed by atoms with Gasteiger partial charge in [0.25, 0.3) is 6.02 Å². The lowest BCUT2D eigenvalue weighted by molar-refractivity contribution is -0.124. The molecule has 1 aromatic carbocycles. The van der Waals surface area contributed by atoms with Gasteiger partial charge >= 0.3 is 6.03 Å². The lowest BCUT2D eigenvalue weighted by atomic mass is 9.96. The minimum Gasteiger partial charge on any atom is -0.468 e. The lowest BCUT2D eigenvalue weighted by Gasteiger charge is -2.28. The number of nitrogens with zero attached hydrogens (tertiary/aromatic N) is 4. The van der Waals surface area contributed by atoms with Gasteiger partial charge in [-0.2, -0.15) is 0 Å². The fourth-order valence-electron chi connectivity index (χ4n) is 3.94. The van der Waals surface area contributed by atoms with Crippen molar-refractivity contribution in [3.05, 3.63) is 30.7 Å². The van der Waals surface area contributed by atoms with Crippen molar-refractivity contribution in [2.75, 3.05) is 43.1 Å². The number of rotatable bonds is 3. The Morgan fingerprint density at radius 3 is 2.50 bits per heavy atom. The highest BCUT2D eigenvalue weighted by Crippen LogP contribution is 2.38. The van der Waals surface area contributed by atoms with Gasteiger partial charge in [0.1, 0.15) is 5.54 Å². The number of benzene rings is 1. The van der Waals surface area contributed by atoms with Crippen molar-refractivity contribution in [2.45, 2.75) is 18.4 Å². The number of fused-ring (bicyclic) bond motifs is 1. The number of ether oxygens (including phenoxy) is 1. The fraction of sp³-hybridized carbons (Fsp3) is 0.444. The number of amides is 3. The van der Waals surface area contributed by atoms with Crippen LogP contribution < -0.4 is 15.5 Å². The number of anilines is 2. The van der Waals surface area contributed by atoms with Gasteiger partial charge in [-0.1, -0.05) is 0 Å². The second kappa shape index (κ2) is 6.19. The SMILES string of the molecule is COC1=NCCCN1c1ccc(N2C[C@@]3(C(N)=O)[CH]CCN3C2=O)cc1. The molecule has 0 aliphatic carbocycles. The van der Waals surface area contributed by atoms with Gasteiger partial charge in [0, 0.05) is 37.4 Å². The summed E-state index contributed by atoms with van der Waals surface area (Å²) in [6.45, 7) is 2.39. The van der Waals surface area contributed by atoms with E-state index >= 15 is 0 Å². The molecule has 1 atom stereocenters. The van der Waals surface area contributed by atoms with Crippen LogP contribution in [0.2, 0.25) is 0 Å². The van der Waals surface area contributed by atoms with Crippen molar-refractivity contribution in [1.29, 1.82) is 0 Å². The number of primary amides is 1. The molecule has 0 spiro atoms. The number of urea groups is 1. The van der Waals surface area contributed by atoms with Crippen molar-refractivity contribution in [3.63, 3.8) is 0 Å². The average Bonchev–Trinajstić information content (AvgIpc) is 3.21. The Hall–Kier alpha value is -2.77. The van der Waals surface area contributed by atoms with Crippen LogP contribution in [-0.2, 0) is 9.53 Å². The lowest BCUT2D eigenvalue weighted by Crippen LogP contribution is -2.53. The highest BCUT2D eigenvalue weighted by Gasteiger charge is 2.56. The maximum atomic E-state index is 12.8. The summed E-state index contributed by atoms with van der Waals surface area (Å²) in [5, 5.41) is 0. The number of hydrogen-bond donors (Lipinski definition) is 1. The third-order valence-corrected chi connectivity index (χ3v) is 5.28. The Labute approximate surface area is 152 Å². The van der Waals surface area contributed by atoms with Crippen LogP contribution in [0.25, 0.3) is 0 Å². The molecule has 26 heavy (non-hydrogen) atoms. The van der Waals surface area contributed by atoms with E-state index in [-0.39, 0.29) is 12.6 Å². The van der Waals surface area contributed by atoms with Gasteiger partial charge in [-0.05, 0) is 37.1 Å².